The molecule has 0 bridgehead atoms. The lowest BCUT2D eigenvalue weighted by atomic mass is 9.76. The molecule has 1 unspecified atom stereocenters. The van der Waals surface area contributed by atoms with E-state index in [2.05, 4.69) is 66.0 Å². The maximum atomic E-state index is 14.1. The Morgan fingerprint density at radius 1 is 0.949 bits per heavy atom. The Morgan fingerprint density at radius 2 is 1.56 bits per heavy atom. The van der Waals surface area contributed by atoms with Gasteiger partial charge in [-0.25, -0.2) is 9.18 Å². The van der Waals surface area contributed by atoms with Gasteiger partial charge in [-0.15, -0.1) is 0 Å². The Hall–Kier alpha value is -0.640. The summed E-state index contributed by atoms with van der Waals surface area (Å²) in [6, 6.07) is 4.24. The van der Waals surface area contributed by atoms with Gasteiger partial charge in [0.1, 0.15) is 19.0 Å². The molecule has 0 saturated carbocycles. The smallest absolute Gasteiger partial charge is 0.340 e. The maximum Gasteiger partial charge on any atom is 0.340 e. The number of rotatable bonds is 17. The Bertz CT molecular complexity index is 1150. The van der Waals surface area contributed by atoms with Gasteiger partial charge < -0.3 is 23.4 Å². The number of benzene rings is 1. The minimum Gasteiger partial charge on any atom is -0.490 e. The first kappa shape index (κ1) is 34.6. The van der Waals surface area contributed by atoms with E-state index in [1.807, 2.05) is 13.8 Å². The first-order chi connectivity index (χ1) is 18.1. The van der Waals surface area contributed by atoms with E-state index < -0.39 is 16.9 Å². The number of fused-ring (bicyclic) bond motifs is 1. The molecule has 0 fully saturated rings. The predicted octanol–water partition coefficient (Wildman–Crippen LogP) is 6.75. The number of thioether (sulfide) groups is 1. The van der Waals surface area contributed by atoms with Crippen molar-refractivity contribution in [1.29, 1.82) is 0 Å². The molecule has 1 heterocycles. The Balaban J connectivity index is 1.55. The van der Waals surface area contributed by atoms with E-state index in [9.17, 15) is 14.0 Å². The second kappa shape index (κ2) is 15.5. The molecule has 0 radical (unpaired) electrons. The molecule has 0 aliphatic heterocycles. The molecule has 0 aliphatic carbocycles. The van der Waals surface area contributed by atoms with Gasteiger partial charge in [0.15, 0.2) is 11.4 Å². The van der Waals surface area contributed by atoms with Crippen molar-refractivity contribution in [3.05, 3.63) is 40.0 Å². The number of alkyl halides is 2. The van der Waals surface area contributed by atoms with E-state index >= 15 is 0 Å². The van der Waals surface area contributed by atoms with E-state index in [0.29, 0.717) is 37.4 Å². The lowest BCUT2D eigenvalue weighted by Crippen LogP contribution is -2.46. The van der Waals surface area contributed by atoms with Crippen LogP contribution in [0.2, 0.25) is 0 Å². The minimum absolute atomic E-state index is 0.0864. The van der Waals surface area contributed by atoms with Gasteiger partial charge in [-0.2, -0.15) is 11.8 Å². The fraction of sp³-hybridized carbons (Fsp3) is 0.643. The highest BCUT2D eigenvalue weighted by atomic mass is 127. The van der Waals surface area contributed by atoms with Gasteiger partial charge >= 0.3 is 11.6 Å². The summed E-state index contributed by atoms with van der Waals surface area (Å²) in [5, 5.41) is 0.421. The van der Waals surface area contributed by atoms with Crippen LogP contribution >= 0.6 is 56.9 Å². The Labute approximate surface area is 261 Å². The van der Waals surface area contributed by atoms with Crippen molar-refractivity contribution in [1.82, 2.24) is 0 Å². The zero-order valence-electron chi connectivity index (χ0n) is 23.5. The van der Waals surface area contributed by atoms with Crippen LogP contribution < -0.4 is 10.4 Å². The number of hydrogen-bond donors (Lipinski definition) is 0. The molecule has 1 atom stereocenters. The van der Waals surface area contributed by atoms with Crippen LogP contribution in [0.3, 0.4) is 0 Å². The van der Waals surface area contributed by atoms with Crippen molar-refractivity contribution < 1.29 is 32.5 Å². The van der Waals surface area contributed by atoms with Gasteiger partial charge in [-0.3, -0.25) is 4.79 Å². The monoisotopic (exact) mass is 792 g/mol. The highest BCUT2D eigenvalue weighted by Crippen LogP contribution is 2.47. The summed E-state index contributed by atoms with van der Waals surface area (Å²) in [7, 11) is 0. The zero-order chi connectivity index (χ0) is 29.3. The second-order valence-electron chi connectivity index (χ2n) is 10.6. The molecule has 0 spiro atoms. The van der Waals surface area contributed by atoms with Crippen molar-refractivity contribution >= 4 is 73.9 Å². The summed E-state index contributed by atoms with van der Waals surface area (Å²) in [4.78, 5) is 24.4. The molecular weight excluding hydrogens is 753 g/mol. The highest BCUT2D eigenvalue weighted by Gasteiger charge is 2.48. The van der Waals surface area contributed by atoms with Gasteiger partial charge in [0, 0.05) is 18.3 Å². The standard InChI is InChI=1S/C28H39FI2O7S/c1-19-15-20-22(17-23(32)38-24(20)21(29)16-19)36-9-7-34-11-13-39-14-12-35-8-10-37-25(33)27(4,5)28(6,31)18-26(2,3)30/h15-17H,7-14,18H2,1-6H3. The van der Waals surface area contributed by atoms with Crippen LogP contribution in [0.5, 0.6) is 5.75 Å². The van der Waals surface area contributed by atoms with Crippen LogP contribution in [-0.2, 0) is 19.0 Å². The second-order valence-corrected chi connectivity index (χ2v) is 17.1. The summed E-state index contributed by atoms with van der Waals surface area (Å²) in [5.41, 5.74) is -0.682. The van der Waals surface area contributed by atoms with Crippen LogP contribution in [0.1, 0.15) is 46.6 Å². The lowest BCUT2D eigenvalue weighted by molar-refractivity contribution is -0.157. The Morgan fingerprint density at radius 3 is 2.18 bits per heavy atom. The molecule has 0 amide bonds. The molecule has 0 aliphatic rings. The van der Waals surface area contributed by atoms with Crippen LogP contribution in [-0.4, -0.2) is 64.0 Å². The van der Waals surface area contributed by atoms with Gasteiger partial charge in [0.2, 0.25) is 0 Å². The largest absolute Gasteiger partial charge is 0.490 e. The normalized spacial score (nSPS) is 13.9. The number of carbonyl (C=O) groups excluding carboxylic acids is 1. The van der Waals surface area contributed by atoms with E-state index in [1.54, 1.807) is 24.8 Å². The Kier molecular flexibility index (Phi) is 13.8. The molecule has 39 heavy (non-hydrogen) atoms. The third kappa shape index (κ3) is 11.3. The summed E-state index contributed by atoms with van der Waals surface area (Å²) in [6.45, 7) is 14.3. The first-order valence-corrected chi connectivity index (χ1v) is 16.1. The maximum absolute atomic E-state index is 14.1. The molecule has 1 aromatic carbocycles. The average molecular weight is 792 g/mol. The van der Waals surface area contributed by atoms with Crippen molar-refractivity contribution in [3.63, 3.8) is 0 Å². The SMILES string of the molecule is Cc1cc(F)c2oc(=O)cc(OCCOCCSCCOCCOC(=O)C(C)(C)C(C)(I)CC(C)(C)I)c2c1. The number of esters is 1. The molecule has 1 aromatic heterocycles. The number of hydrogen-bond acceptors (Lipinski definition) is 8. The quantitative estimate of drug-likeness (QED) is 0.0573. The van der Waals surface area contributed by atoms with E-state index in [-0.39, 0.29) is 37.4 Å². The number of aryl methyl sites for hydroxylation is 1. The van der Waals surface area contributed by atoms with Crippen LogP contribution in [0.15, 0.2) is 27.4 Å². The van der Waals surface area contributed by atoms with Crippen LogP contribution in [0.4, 0.5) is 4.39 Å². The van der Waals surface area contributed by atoms with E-state index in [1.165, 1.54) is 12.1 Å². The number of ether oxygens (including phenoxy) is 4. The highest BCUT2D eigenvalue weighted by molar-refractivity contribution is 14.1. The van der Waals surface area contributed by atoms with Gasteiger partial charge in [-0.05, 0) is 51.8 Å². The predicted molar refractivity (Wildman–Crippen MR) is 172 cm³/mol. The molecule has 2 rings (SSSR count). The topological polar surface area (TPSA) is 84.2 Å². The third-order valence-electron chi connectivity index (χ3n) is 6.16. The van der Waals surface area contributed by atoms with Gasteiger partial charge in [0.05, 0.1) is 43.3 Å². The van der Waals surface area contributed by atoms with Gasteiger partial charge in [-0.1, -0.05) is 59.0 Å². The average Bonchev–Trinajstić information content (AvgIpc) is 2.80. The molecule has 0 saturated heterocycles. The lowest BCUT2D eigenvalue weighted by Gasteiger charge is -2.41. The van der Waals surface area contributed by atoms with Crippen molar-refractivity contribution in [2.24, 2.45) is 5.41 Å². The zero-order valence-corrected chi connectivity index (χ0v) is 28.6. The molecule has 2 aromatic rings. The molecule has 0 N–H and O–H groups in total. The minimum atomic E-state index is -0.666. The summed E-state index contributed by atoms with van der Waals surface area (Å²) >= 11 is 6.50. The summed E-state index contributed by atoms with van der Waals surface area (Å²) < 4.78 is 41.3. The van der Waals surface area contributed by atoms with Crippen LogP contribution in [0, 0.1) is 18.2 Å². The molecule has 220 valence electrons. The van der Waals surface area contributed by atoms with Gasteiger partial charge in [0.25, 0.3) is 0 Å². The van der Waals surface area contributed by atoms with Crippen molar-refractivity contribution in [2.45, 2.75) is 54.8 Å². The molecule has 11 heteroatoms. The number of halogens is 3. The van der Waals surface area contributed by atoms with E-state index in [0.717, 1.165) is 17.9 Å². The third-order valence-corrected chi connectivity index (χ3v) is 9.18. The first-order valence-electron chi connectivity index (χ1n) is 12.8. The van der Waals surface area contributed by atoms with Crippen molar-refractivity contribution in [2.75, 3.05) is 51.1 Å². The fourth-order valence-corrected chi connectivity index (χ4v) is 7.14. The molecule has 7 nitrogen and oxygen atoms in total. The summed E-state index contributed by atoms with van der Waals surface area (Å²) in [5.74, 6) is 1.07. The van der Waals surface area contributed by atoms with Crippen LogP contribution in [0.25, 0.3) is 11.0 Å². The molecular formula is C28H39FI2O7S. The van der Waals surface area contributed by atoms with E-state index in [4.69, 9.17) is 23.4 Å². The number of carbonyl (C=O) groups is 1. The summed E-state index contributed by atoms with van der Waals surface area (Å²) in [6.07, 6.45) is 0.887. The fourth-order valence-electron chi connectivity index (χ4n) is 3.80. The van der Waals surface area contributed by atoms with Crippen molar-refractivity contribution in [3.8, 4) is 5.75 Å².